The minimum atomic E-state index is -0.504. The number of fused-ring (bicyclic) bond motifs is 2. The van der Waals surface area contributed by atoms with Crippen molar-refractivity contribution in [1.29, 1.82) is 0 Å². The van der Waals surface area contributed by atoms with Crippen LogP contribution in [0.5, 0.6) is 0 Å². The molecule has 29 heavy (non-hydrogen) atoms. The zero-order valence-corrected chi connectivity index (χ0v) is 17.4. The van der Waals surface area contributed by atoms with E-state index >= 15 is 0 Å². The number of rotatable bonds is 3. The smallest absolute Gasteiger partial charge is 0.339 e. The first-order chi connectivity index (χ1) is 14.1. The maximum absolute atomic E-state index is 13.2. The lowest BCUT2D eigenvalue weighted by Crippen LogP contribution is -2.45. The van der Waals surface area contributed by atoms with E-state index in [-0.39, 0.29) is 17.8 Å². The number of ether oxygens (including phenoxy) is 1. The Kier molecular flexibility index (Phi) is 4.89. The maximum Gasteiger partial charge on any atom is 0.339 e. The molecule has 1 unspecified atom stereocenters. The number of hydrogen-bond acceptors (Lipinski definition) is 4. The fourth-order valence-corrected chi connectivity index (χ4v) is 6.20. The van der Waals surface area contributed by atoms with Crippen LogP contribution in [-0.2, 0) is 15.1 Å². The van der Waals surface area contributed by atoms with Crippen molar-refractivity contribution in [2.24, 2.45) is 5.92 Å². The largest absolute Gasteiger partial charge is 0.451 e. The average Bonchev–Trinajstić information content (AvgIpc) is 3.48. The zero-order chi connectivity index (χ0) is 20.0. The second-order valence-corrected chi connectivity index (χ2v) is 9.53. The van der Waals surface area contributed by atoms with Crippen molar-refractivity contribution in [3.8, 4) is 0 Å². The monoisotopic (exact) mass is 396 g/mol. The Balaban J connectivity index is 1.20. The van der Waals surface area contributed by atoms with Crippen LogP contribution >= 0.6 is 0 Å². The number of hydrogen-bond donors (Lipinski definition) is 0. The van der Waals surface area contributed by atoms with Gasteiger partial charge in [0.25, 0.3) is 0 Å². The predicted molar refractivity (Wildman–Crippen MR) is 110 cm³/mol. The molecule has 0 aromatic heterocycles. The minimum absolute atomic E-state index is 0.0534. The number of likely N-dealkylation sites (tertiary alicyclic amines) is 1. The molecule has 5 heteroatoms. The van der Waals surface area contributed by atoms with E-state index in [1.807, 2.05) is 36.2 Å². The molecule has 5 rings (SSSR count). The first kappa shape index (κ1) is 19.1. The van der Waals surface area contributed by atoms with Gasteiger partial charge in [0.1, 0.15) is 5.60 Å². The third-order valence-electron chi connectivity index (χ3n) is 8.00. The van der Waals surface area contributed by atoms with Crippen molar-refractivity contribution in [2.45, 2.75) is 75.5 Å². The van der Waals surface area contributed by atoms with Gasteiger partial charge < -0.3 is 9.64 Å². The second-order valence-electron chi connectivity index (χ2n) is 9.53. The summed E-state index contributed by atoms with van der Waals surface area (Å²) in [6.45, 7) is 2.17. The molecule has 3 fully saturated rings. The van der Waals surface area contributed by atoms with Gasteiger partial charge in [-0.1, -0.05) is 31.0 Å². The molecule has 2 heterocycles. The van der Waals surface area contributed by atoms with Crippen molar-refractivity contribution >= 4 is 11.9 Å². The maximum atomic E-state index is 13.2. The fourth-order valence-electron chi connectivity index (χ4n) is 6.20. The number of nitrogens with zero attached hydrogens (tertiary/aromatic N) is 2. The van der Waals surface area contributed by atoms with Crippen LogP contribution in [0.1, 0.15) is 73.7 Å². The van der Waals surface area contributed by atoms with E-state index < -0.39 is 5.60 Å². The Morgan fingerprint density at radius 3 is 2.59 bits per heavy atom. The molecule has 2 saturated carbocycles. The highest BCUT2D eigenvalue weighted by molar-refractivity contribution is 5.94. The van der Waals surface area contributed by atoms with Gasteiger partial charge in [0.2, 0.25) is 5.91 Å². The summed E-state index contributed by atoms with van der Waals surface area (Å²) in [6.07, 6.45) is 9.56. The van der Waals surface area contributed by atoms with Gasteiger partial charge in [-0.3, -0.25) is 9.69 Å². The van der Waals surface area contributed by atoms with E-state index in [1.165, 1.54) is 25.7 Å². The molecule has 1 aromatic rings. The molecule has 0 N–H and O–H groups in total. The lowest BCUT2D eigenvalue weighted by Gasteiger charge is -2.38. The van der Waals surface area contributed by atoms with E-state index in [1.54, 1.807) is 0 Å². The molecule has 1 saturated heterocycles. The summed E-state index contributed by atoms with van der Waals surface area (Å²) in [5, 5.41) is 0. The van der Waals surface area contributed by atoms with Crippen LogP contribution in [0, 0.1) is 5.92 Å². The van der Waals surface area contributed by atoms with Crippen LogP contribution in [0.15, 0.2) is 24.3 Å². The topological polar surface area (TPSA) is 49.9 Å². The summed E-state index contributed by atoms with van der Waals surface area (Å²) in [5.74, 6) is 0.133. The Labute approximate surface area is 173 Å². The molecule has 1 amide bonds. The van der Waals surface area contributed by atoms with Gasteiger partial charge in [-0.2, -0.15) is 0 Å². The van der Waals surface area contributed by atoms with Gasteiger partial charge in [-0.15, -0.1) is 0 Å². The van der Waals surface area contributed by atoms with Gasteiger partial charge in [0.15, 0.2) is 0 Å². The van der Waals surface area contributed by atoms with Gasteiger partial charge in [0, 0.05) is 43.7 Å². The molecule has 156 valence electrons. The first-order valence-electron chi connectivity index (χ1n) is 11.4. The summed E-state index contributed by atoms with van der Waals surface area (Å²) in [4.78, 5) is 30.2. The lowest BCUT2D eigenvalue weighted by atomic mass is 9.74. The third-order valence-corrected chi connectivity index (χ3v) is 8.00. The minimum Gasteiger partial charge on any atom is -0.451 e. The number of amides is 1. The number of likely N-dealkylation sites (N-methyl/N-ethyl adjacent to an activating group) is 1. The van der Waals surface area contributed by atoms with Crippen molar-refractivity contribution in [2.75, 3.05) is 20.1 Å². The number of esters is 1. The van der Waals surface area contributed by atoms with Gasteiger partial charge in [0.05, 0.1) is 5.56 Å². The molecule has 5 nitrogen and oxygen atoms in total. The molecule has 2 aliphatic carbocycles. The van der Waals surface area contributed by atoms with Crippen molar-refractivity contribution < 1.29 is 14.3 Å². The highest BCUT2D eigenvalue weighted by atomic mass is 16.6. The Morgan fingerprint density at radius 1 is 1.10 bits per heavy atom. The summed E-state index contributed by atoms with van der Waals surface area (Å²) in [6, 6.07) is 8.83. The van der Waals surface area contributed by atoms with Crippen LogP contribution in [0.3, 0.4) is 0 Å². The molecular formula is C24H32N2O3. The van der Waals surface area contributed by atoms with Crippen LogP contribution in [0.4, 0.5) is 0 Å². The van der Waals surface area contributed by atoms with Gasteiger partial charge in [-0.25, -0.2) is 4.79 Å². The van der Waals surface area contributed by atoms with Crippen molar-refractivity contribution in [3.63, 3.8) is 0 Å². The first-order valence-corrected chi connectivity index (χ1v) is 11.4. The quantitative estimate of drug-likeness (QED) is 0.731. The van der Waals surface area contributed by atoms with E-state index in [2.05, 4.69) is 4.90 Å². The fraction of sp³-hybridized carbons (Fsp3) is 0.667. The summed E-state index contributed by atoms with van der Waals surface area (Å²) < 4.78 is 5.85. The molecule has 4 aliphatic rings. The SMILES string of the molecule is CN(C(=O)C1CCC2(CC1)OC(=O)c1ccccc12)C1CCN(C2CCCC2)C1. The van der Waals surface area contributed by atoms with E-state index in [0.29, 0.717) is 11.6 Å². The van der Waals surface area contributed by atoms with E-state index in [0.717, 1.165) is 56.8 Å². The normalized spacial score (nSPS) is 32.5. The Bertz CT molecular complexity index is 793. The van der Waals surface area contributed by atoms with Crippen LogP contribution in [0.2, 0.25) is 0 Å². The standard InChI is InChI=1S/C24H32N2O3/c1-25(19-12-15-26(16-19)18-6-2-3-7-18)22(27)17-10-13-24(14-11-17)21-9-5-4-8-20(21)23(28)29-24/h4-5,8-9,17-19H,2-3,6-7,10-16H2,1H3. The Hall–Kier alpha value is -1.88. The molecule has 2 aliphatic heterocycles. The molecule has 0 bridgehead atoms. The second kappa shape index (κ2) is 7.42. The molecule has 1 aromatic carbocycles. The van der Waals surface area contributed by atoms with Gasteiger partial charge in [-0.05, 0) is 51.0 Å². The summed E-state index contributed by atoms with van der Waals surface area (Å²) in [5.41, 5.74) is 1.22. The number of benzene rings is 1. The molecule has 0 radical (unpaired) electrons. The van der Waals surface area contributed by atoms with Crippen LogP contribution in [-0.4, -0.2) is 53.9 Å². The highest BCUT2D eigenvalue weighted by Crippen LogP contribution is 2.48. The van der Waals surface area contributed by atoms with Crippen molar-refractivity contribution in [1.82, 2.24) is 9.80 Å². The number of carbonyl (C=O) groups is 2. The molecule has 1 spiro atoms. The van der Waals surface area contributed by atoms with Crippen LogP contribution in [0.25, 0.3) is 0 Å². The van der Waals surface area contributed by atoms with E-state index in [9.17, 15) is 9.59 Å². The van der Waals surface area contributed by atoms with Crippen LogP contribution < -0.4 is 0 Å². The van der Waals surface area contributed by atoms with Crippen molar-refractivity contribution in [3.05, 3.63) is 35.4 Å². The summed E-state index contributed by atoms with van der Waals surface area (Å²) >= 11 is 0. The van der Waals surface area contributed by atoms with E-state index in [4.69, 9.17) is 4.74 Å². The molecule has 1 atom stereocenters. The lowest BCUT2D eigenvalue weighted by molar-refractivity contribution is -0.139. The third kappa shape index (κ3) is 3.27. The highest BCUT2D eigenvalue weighted by Gasteiger charge is 2.48. The Morgan fingerprint density at radius 2 is 1.83 bits per heavy atom. The zero-order valence-electron chi connectivity index (χ0n) is 17.4. The number of carbonyl (C=O) groups excluding carboxylic acids is 2. The van der Waals surface area contributed by atoms with Gasteiger partial charge >= 0.3 is 5.97 Å². The predicted octanol–water partition coefficient (Wildman–Crippen LogP) is 3.72. The summed E-state index contributed by atoms with van der Waals surface area (Å²) in [7, 11) is 2.00. The molecular weight excluding hydrogens is 364 g/mol. The average molecular weight is 397 g/mol.